The molecule has 0 aliphatic heterocycles. The standard InChI is InChI=1S/C8H11.4ClH.W/c1-7(2)8-5-3-4-6-8;;;;;/h3,5,7H,4H2,1-2H3;4*1H;/q-1;;;;;. The van der Waals surface area contributed by atoms with E-state index in [2.05, 4.69) is 32.1 Å². The van der Waals surface area contributed by atoms with Crippen LogP contribution in [0.1, 0.15) is 20.3 Å². The van der Waals surface area contributed by atoms with E-state index in [0.29, 0.717) is 5.92 Å². The molecule has 0 amide bonds. The molecule has 0 radical (unpaired) electrons. The summed E-state index contributed by atoms with van der Waals surface area (Å²) in [5, 5.41) is 0. The molecule has 0 saturated carbocycles. The van der Waals surface area contributed by atoms with Crippen LogP contribution in [0.5, 0.6) is 0 Å². The van der Waals surface area contributed by atoms with Crippen molar-refractivity contribution in [3.63, 3.8) is 0 Å². The number of halogens is 4. The molecule has 1 rings (SSSR count). The summed E-state index contributed by atoms with van der Waals surface area (Å²) in [6.45, 7) is 4.38. The molecule has 0 atom stereocenters. The third kappa shape index (κ3) is 11.3. The topological polar surface area (TPSA) is 0 Å². The number of hydrogen-bond acceptors (Lipinski definition) is 0. The van der Waals surface area contributed by atoms with Crippen molar-refractivity contribution in [2.45, 2.75) is 20.3 Å². The molecule has 0 fully saturated rings. The average Bonchev–Trinajstić information content (AvgIpc) is 2.12. The van der Waals surface area contributed by atoms with Gasteiger partial charge in [0.25, 0.3) is 0 Å². The van der Waals surface area contributed by atoms with Crippen LogP contribution in [-0.2, 0) is 21.1 Å². The van der Waals surface area contributed by atoms with E-state index in [0.717, 1.165) is 6.42 Å². The molecule has 5 heteroatoms. The van der Waals surface area contributed by atoms with Crippen molar-refractivity contribution in [2.75, 3.05) is 0 Å². The smallest absolute Gasteiger partial charge is 0 e. The van der Waals surface area contributed by atoms with Gasteiger partial charge < -0.3 is 0 Å². The minimum atomic E-state index is 0. The monoisotopic (exact) mass is 435 g/mol. The summed E-state index contributed by atoms with van der Waals surface area (Å²) in [6.07, 6.45) is 8.59. The molecule has 0 N–H and O–H groups in total. The summed E-state index contributed by atoms with van der Waals surface area (Å²) >= 11 is 0. The largest absolute Gasteiger partial charge is 0.269 e. The van der Waals surface area contributed by atoms with Gasteiger partial charge in [0.05, 0.1) is 0 Å². The molecular weight excluding hydrogens is 422 g/mol. The predicted molar refractivity (Wildman–Crippen MR) is 64.3 cm³/mol. The SMILES string of the molecule is CC(C)C1=[C-]CC=C1.Cl.Cl.Cl.Cl.[W]. The molecule has 0 aromatic heterocycles. The van der Waals surface area contributed by atoms with Gasteiger partial charge in [-0.2, -0.15) is 6.08 Å². The van der Waals surface area contributed by atoms with Gasteiger partial charge in [-0.3, -0.25) is 6.08 Å². The number of allylic oxidation sites excluding steroid dienone is 4. The van der Waals surface area contributed by atoms with Crippen LogP contribution in [0.2, 0.25) is 0 Å². The van der Waals surface area contributed by atoms with Gasteiger partial charge in [0.2, 0.25) is 0 Å². The molecule has 0 spiro atoms. The maximum absolute atomic E-state index is 3.26. The first kappa shape index (κ1) is 29.3. The first-order valence-electron chi connectivity index (χ1n) is 3.08. The van der Waals surface area contributed by atoms with E-state index < -0.39 is 0 Å². The zero-order valence-electron chi connectivity index (χ0n) is 7.48. The van der Waals surface area contributed by atoms with Crippen molar-refractivity contribution in [3.05, 3.63) is 23.8 Å². The van der Waals surface area contributed by atoms with Crippen LogP contribution in [-0.4, -0.2) is 0 Å². The summed E-state index contributed by atoms with van der Waals surface area (Å²) in [6, 6.07) is 0. The molecule has 0 aromatic carbocycles. The normalized spacial score (nSPS) is 10.8. The van der Waals surface area contributed by atoms with E-state index in [-0.39, 0.29) is 70.7 Å². The van der Waals surface area contributed by atoms with Gasteiger partial charge in [-0.15, -0.1) is 56.0 Å². The molecule has 13 heavy (non-hydrogen) atoms. The second-order valence-corrected chi connectivity index (χ2v) is 2.39. The average molecular weight is 437 g/mol. The van der Waals surface area contributed by atoms with Crippen molar-refractivity contribution < 1.29 is 21.1 Å². The van der Waals surface area contributed by atoms with Gasteiger partial charge in [0.15, 0.2) is 0 Å². The fourth-order valence-electron chi connectivity index (χ4n) is 0.818. The summed E-state index contributed by atoms with van der Waals surface area (Å²) < 4.78 is 0. The Morgan fingerprint density at radius 1 is 1.15 bits per heavy atom. The molecule has 0 heterocycles. The van der Waals surface area contributed by atoms with Gasteiger partial charge in [0, 0.05) is 21.1 Å². The third-order valence-electron chi connectivity index (χ3n) is 1.34. The van der Waals surface area contributed by atoms with Gasteiger partial charge in [-0.05, 0) is 0 Å². The molecule has 1 aliphatic rings. The van der Waals surface area contributed by atoms with E-state index in [1.807, 2.05) is 0 Å². The number of rotatable bonds is 1. The summed E-state index contributed by atoms with van der Waals surface area (Å²) in [5.74, 6) is 0.661. The van der Waals surface area contributed by atoms with Gasteiger partial charge in [-0.1, -0.05) is 19.8 Å². The Hall–Kier alpha value is 1.33. The molecule has 1 aliphatic carbocycles. The van der Waals surface area contributed by atoms with Crippen molar-refractivity contribution in [2.24, 2.45) is 5.92 Å². The molecule has 82 valence electrons. The maximum atomic E-state index is 3.26. The quantitative estimate of drug-likeness (QED) is 0.545. The molecule has 0 bridgehead atoms. The fraction of sp³-hybridized carbons (Fsp3) is 0.500. The van der Waals surface area contributed by atoms with Crippen LogP contribution in [0.25, 0.3) is 0 Å². The van der Waals surface area contributed by atoms with Crippen molar-refractivity contribution in [3.8, 4) is 0 Å². The van der Waals surface area contributed by atoms with E-state index in [9.17, 15) is 0 Å². The summed E-state index contributed by atoms with van der Waals surface area (Å²) in [4.78, 5) is 0. The summed E-state index contributed by atoms with van der Waals surface area (Å²) in [5.41, 5.74) is 1.37. The Labute approximate surface area is 120 Å². The first-order chi connectivity index (χ1) is 3.80. The number of hydrogen-bond donors (Lipinski definition) is 0. The molecule has 0 nitrogen and oxygen atoms in total. The van der Waals surface area contributed by atoms with Crippen molar-refractivity contribution >= 4 is 49.6 Å². The summed E-state index contributed by atoms with van der Waals surface area (Å²) in [7, 11) is 0. The minimum absolute atomic E-state index is 0. The van der Waals surface area contributed by atoms with Crippen LogP contribution in [0.15, 0.2) is 17.7 Å². The van der Waals surface area contributed by atoms with Crippen LogP contribution in [0.3, 0.4) is 0 Å². The Morgan fingerprint density at radius 3 is 1.77 bits per heavy atom. The Morgan fingerprint density at radius 2 is 1.62 bits per heavy atom. The third-order valence-corrected chi connectivity index (χ3v) is 1.34. The van der Waals surface area contributed by atoms with Crippen LogP contribution in [0.4, 0.5) is 0 Å². The Balaban J connectivity index is -0.0000000427. The Bertz CT molecular complexity index is 143. The minimum Gasteiger partial charge on any atom is -0.269 e. The molecule has 0 unspecified atom stereocenters. The molecule has 0 saturated heterocycles. The maximum Gasteiger partial charge on any atom is 0 e. The van der Waals surface area contributed by atoms with E-state index >= 15 is 0 Å². The van der Waals surface area contributed by atoms with Crippen LogP contribution in [0, 0.1) is 12.0 Å². The zero-order chi connectivity index (χ0) is 5.98. The molecular formula is C8H15Cl4W-. The van der Waals surface area contributed by atoms with E-state index in [1.165, 1.54) is 5.57 Å². The van der Waals surface area contributed by atoms with Gasteiger partial charge in [-0.25, -0.2) is 11.6 Å². The zero-order valence-corrected chi connectivity index (χ0v) is 13.7. The van der Waals surface area contributed by atoms with E-state index in [4.69, 9.17) is 0 Å². The fourth-order valence-corrected chi connectivity index (χ4v) is 0.818. The van der Waals surface area contributed by atoms with Gasteiger partial charge >= 0.3 is 0 Å². The second kappa shape index (κ2) is 15.8. The first-order valence-corrected chi connectivity index (χ1v) is 3.08. The second-order valence-electron chi connectivity index (χ2n) is 2.39. The van der Waals surface area contributed by atoms with Gasteiger partial charge in [0.1, 0.15) is 0 Å². The van der Waals surface area contributed by atoms with Crippen LogP contribution >= 0.6 is 49.6 Å². The Kier molecular flexibility index (Phi) is 35.5. The van der Waals surface area contributed by atoms with Crippen molar-refractivity contribution in [1.29, 1.82) is 0 Å². The van der Waals surface area contributed by atoms with E-state index in [1.54, 1.807) is 0 Å². The van der Waals surface area contributed by atoms with Crippen LogP contribution < -0.4 is 0 Å². The van der Waals surface area contributed by atoms with Crippen molar-refractivity contribution in [1.82, 2.24) is 0 Å². The molecule has 0 aromatic rings. The predicted octanol–water partition coefficient (Wildman–Crippen LogP) is 4.02.